The smallest absolute Gasteiger partial charge is 0.129 e. The summed E-state index contributed by atoms with van der Waals surface area (Å²) in [5.41, 5.74) is 0.498. The van der Waals surface area contributed by atoms with E-state index in [4.69, 9.17) is 0 Å². The van der Waals surface area contributed by atoms with Gasteiger partial charge in [-0.05, 0) is 43.5 Å². The summed E-state index contributed by atoms with van der Waals surface area (Å²) in [6.07, 6.45) is 4.61. The Labute approximate surface area is 120 Å². The van der Waals surface area contributed by atoms with Gasteiger partial charge < -0.3 is 5.32 Å². The number of hydrogen-bond acceptors (Lipinski definition) is 3. The van der Waals surface area contributed by atoms with E-state index < -0.39 is 11.6 Å². The lowest BCUT2D eigenvalue weighted by molar-refractivity contribution is 0.465. The fourth-order valence-corrected chi connectivity index (χ4v) is 3.64. The highest BCUT2D eigenvalue weighted by Crippen LogP contribution is 2.30. The molecule has 0 bridgehead atoms. The number of aromatic nitrogens is 1. The van der Waals surface area contributed by atoms with Crippen LogP contribution >= 0.6 is 11.3 Å². The molecule has 0 aliphatic carbocycles. The quantitative estimate of drug-likeness (QED) is 0.937. The van der Waals surface area contributed by atoms with Crippen molar-refractivity contribution in [1.82, 2.24) is 10.3 Å². The topological polar surface area (TPSA) is 24.9 Å². The number of nitrogens with one attached hydrogen (secondary N) is 1. The van der Waals surface area contributed by atoms with Crippen molar-refractivity contribution in [2.75, 3.05) is 13.1 Å². The lowest BCUT2D eigenvalue weighted by atomic mass is 9.97. The van der Waals surface area contributed by atoms with Crippen molar-refractivity contribution in [1.29, 1.82) is 0 Å². The van der Waals surface area contributed by atoms with Crippen LogP contribution in [-0.4, -0.2) is 18.1 Å². The maximum Gasteiger partial charge on any atom is 0.129 e. The van der Waals surface area contributed by atoms with E-state index in [1.807, 2.05) is 6.20 Å². The van der Waals surface area contributed by atoms with Crippen LogP contribution < -0.4 is 5.32 Å². The minimum atomic E-state index is -0.541. The normalized spacial score (nSPS) is 16.5. The van der Waals surface area contributed by atoms with Crippen molar-refractivity contribution >= 4 is 11.3 Å². The summed E-state index contributed by atoms with van der Waals surface area (Å²) in [6, 6.07) is 3.71. The third kappa shape index (κ3) is 3.04. The van der Waals surface area contributed by atoms with Crippen molar-refractivity contribution < 1.29 is 8.78 Å². The Hall–Kier alpha value is -1.33. The van der Waals surface area contributed by atoms with Gasteiger partial charge in [-0.25, -0.2) is 13.8 Å². The first-order valence-corrected chi connectivity index (χ1v) is 7.63. The number of halogens is 2. The van der Waals surface area contributed by atoms with Crippen molar-refractivity contribution in [3.05, 3.63) is 51.5 Å². The van der Waals surface area contributed by atoms with Gasteiger partial charge in [-0.3, -0.25) is 0 Å². The van der Waals surface area contributed by atoms with Crippen LogP contribution in [0.5, 0.6) is 0 Å². The van der Waals surface area contributed by atoms with E-state index in [-0.39, 0.29) is 0 Å². The first-order chi connectivity index (χ1) is 9.72. The molecule has 1 aliphatic rings. The predicted molar refractivity (Wildman–Crippen MR) is 76.1 cm³/mol. The highest BCUT2D eigenvalue weighted by molar-refractivity contribution is 7.11. The van der Waals surface area contributed by atoms with Gasteiger partial charge in [0.2, 0.25) is 0 Å². The molecule has 1 saturated heterocycles. The molecule has 5 heteroatoms. The molecular formula is C15H16F2N2S. The van der Waals surface area contributed by atoms with Crippen LogP contribution in [0.15, 0.2) is 24.4 Å². The summed E-state index contributed by atoms with van der Waals surface area (Å²) in [7, 11) is 0. The van der Waals surface area contributed by atoms with E-state index in [0.717, 1.165) is 37.0 Å². The maximum absolute atomic E-state index is 13.6. The summed E-state index contributed by atoms with van der Waals surface area (Å²) < 4.78 is 26.5. The van der Waals surface area contributed by atoms with E-state index >= 15 is 0 Å². The fraction of sp³-hybridized carbons (Fsp3) is 0.400. The second-order valence-electron chi connectivity index (χ2n) is 5.09. The number of benzene rings is 1. The van der Waals surface area contributed by atoms with E-state index in [9.17, 15) is 8.78 Å². The van der Waals surface area contributed by atoms with Crippen LogP contribution in [-0.2, 0) is 6.42 Å². The van der Waals surface area contributed by atoms with Crippen LogP contribution in [0, 0.1) is 11.6 Å². The Morgan fingerprint density at radius 3 is 2.80 bits per heavy atom. The van der Waals surface area contributed by atoms with E-state index in [1.165, 1.54) is 17.0 Å². The molecule has 0 unspecified atom stereocenters. The summed E-state index contributed by atoms with van der Waals surface area (Å²) >= 11 is 1.65. The predicted octanol–water partition coefficient (Wildman–Crippen LogP) is 3.48. The Kier molecular flexibility index (Phi) is 4.08. The summed E-state index contributed by atoms with van der Waals surface area (Å²) in [6.45, 7) is 2.09. The Balaban J connectivity index is 1.73. The zero-order valence-electron chi connectivity index (χ0n) is 11.0. The number of piperidine rings is 1. The fourth-order valence-electron chi connectivity index (χ4n) is 2.53. The minimum absolute atomic E-state index is 0.432. The van der Waals surface area contributed by atoms with Gasteiger partial charge in [-0.15, -0.1) is 11.3 Å². The zero-order chi connectivity index (χ0) is 13.9. The lowest BCUT2D eigenvalue weighted by Crippen LogP contribution is -2.26. The third-order valence-electron chi connectivity index (χ3n) is 3.67. The molecule has 0 amide bonds. The van der Waals surface area contributed by atoms with Gasteiger partial charge in [0, 0.05) is 23.6 Å². The van der Waals surface area contributed by atoms with Crippen molar-refractivity contribution in [3.8, 4) is 0 Å². The largest absolute Gasteiger partial charge is 0.317 e. The van der Waals surface area contributed by atoms with E-state index in [1.54, 1.807) is 11.3 Å². The van der Waals surface area contributed by atoms with Gasteiger partial charge in [-0.2, -0.15) is 0 Å². The Morgan fingerprint density at radius 2 is 2.05 bits per heavy atom. The standard InChI is InChI=1S/C15H16F2N2S/c16-12-2-1-11(13(17)8-12)7-15-19-9-14(20-15)10-3-5-18-6-4-10/h1-2,8-10,18H,3-7H2. The molecule has 0 atom stereocenters. The SMILES string of the molecule is Fc1ccc(Cc2ncc(C3CCNCC3)s2)c(F)c1. The Bertz CT molecular complexity index is 591. The molecule has 1 aromatic carbocycles. The number of rotatable bonds is 3. The first-order valence-electron chi connectivity index (χ1n) is 6.81. The summed E-state index contributed by atoms with van der Waals surface area (Å²) in [4.78, 5) is 5.67. The monoisotopic (exact) mass is 294 g/mol. The van der Waals surface area contributed by atoms with Gasteiger partial charge in [0.25, 0.3) is 0 Å². The maximum atomic E-state index is 13.6. The molecule has 20 heavy (non-hydrogen) atoms. The van der Waals surface area contributed by atoms with Crippen molar-refractivity contribution in [3.63, 3.8) is 0 Å². The molecule has 1 fully saturated rings. The second kappa shape index (κ2) is 5.97. The van der Waals surface area contributed by atoms with Crippen LogP contribution in [0.3, 0.4) is 0 Å². The molecule has 106 valence electrons. The van der Waals surface area contributed by atoms with Crippen LogP contribution in [0.4, 0.5) is 8.78 Å². The van der Waals surface area contributed by atoms with Crippen molar-refractivity contribution in [2.45, 2.75) is 25.2 Å². The van der Waals surface area contributed by atoms with Gasteiger partial charge in [0.05, 0.1) is 5.01 Å². The summed E-state index contributed by atoms with van der Waals surface area (Å²) in [5, 5.41) is 4.24. The summed E-state index contributed by atoms with van der Waals surface area (Å²) in [5.74, 6) is -0.468. The van der Waals surface area contributed by atoms with E-state index in [0.29, 0.717) is 17.9 Å². The van der Waals surface area contributed by atoms with Crippen LogP contribution in [0.1, 0.15) is 34.2 Å². The Morgan fingerprint density at radius 1 is 1.25 bits per heavy atom. The number of nitrogens with zero attached hydrogens (tertiary/aromatic N) is 1. The molecule has 3 rings (SSSR count). The molecule has 2 nitrogen and oxygen atoms in total. The molecule has 1 aliphatic heterocycles. The number of hydrogen-bond donors (Lipinski definition) is 1. The van der Waals surface area contributed by atoms with Crippen LogP contribution in [0.2, 0.25) is 0 Å². The second-order valence-corrected chi connectivity index (χ2v) is 6.24. The molecule has 2 aromatic rings. The minimum Gasteiger partial charge on any atom is -0.317 e. The molecule has 1 N–H and O–H groups in total. The molecule has 0 saturated carbocycles. The average molecular weight is 294 g/mol. The van der Waals surface area contributed by atoms with E-state index in [2.05, 4.69) is 10.3 Å². The van der Waals surface area contributed by atoms with Gasteiger partial charge in [0.15, 0.2) is 0 Å². The third-order valence-corrected chi connectivity index (χ3v) is 4.83. The molecular weight excluding hydrogens is 278 g/mol. The van der Waals surface area contributed by atoms with Gasteiger partial charge in [-0.1, -0.05) is 6.07 Å². The van der Waals surface area contributed by atoms with Crippen LogP contribution in [0.25, 0.3) is 0 Å². The highest BCUT2D eigenvalue weighted by Gasteiger charge is 2.18. The van der Waals surface area contributed by atoms with Gasteiger partial charge in [0.1, 0.15) is 11.6 Å². The molecule has 0 radical (unpaired) electrons. The average Bonchev–Trinajstić information content (AvgIpc) is 2.92. The highest BCUT2D eigenvalue weighted by atomic mass is 32.1. The van der Waals surface area contributed by atoms with Gasteiger partial charge >= 0.3 is 0 Å². The molecule has 1 aromatic heterocycles. The molecule has 2 heterocycles. The zero-order valence-corrected chi connectivity index (χ0v) is 11.9. The lowest BCUT2D eigenvalue weighted by Gasteiger charge is -2.20. The number of thiazole rings is 1. The van der Waals surface area contributed by atoms with Crippen molar-refractivity contribution in [2.24, 2.45) is 0 Å². The molecule has 0 spiro atoms. The first kappa shape index (κ1) is 13.6.